The molecule has 2 N–H and O–H groups in total. The number of aliphatic hydroxyl groups excluding tert-OH is 1. The molecule has 1 aromatic heterocycles. The number of aliphatic hydroxyl groups is 1. The van der Waals surface area contributed by atoms with E-state index in [4.69, 9.17) is 0 Å². The van der Waals surface area contributed by atoms with E-state index < -0.39 is 0 Å². The number of halogens is 1. The quantitative estimate of drug-likeness (QED) is 0.721. The Labute approximate surface area is 189 Å². The molecule has 5 atom stereocenters. The van der Waals surface area contributed by atoms with Gasteiger partial charge < -0.3 is 10.4 Å². The second-order valence-electron chi connectivity index (χ2n) is 10.1. The monoisotopic (exact) mass is 434 g/mol. The number of fused-ring (bicyclic) bond motifs is 5. The second-order valence-corrected chi connectivity index (χ2v) is 10.1. The largest absolute Gasteiger partial charge is 0.394 e. The average Bonchev–Trinajstić information content (AvgIpc) is 3.15. The number of benzene rings is 1. The maximum Gasteiger partial charge on any atom is 0.251 e. The van der Waals surface area contributed by atoms with Crippen LogP contribution in [0.3, 0.4) is 0 Å². The highest BCUT2D eigenvalue weighted by atomic mass is 19.1. The average molecular weight is 435 g/mol. The van der Waals surface area contributed by atoms with Crippen molar-refractivity contribution >= 4 is 11.5 Å². The molecule has 0 aliphatic heterocycles. The van der Waals surface area contributed by atoms with Crippen LogP contribution in [0.4, 0.5) is 4.39 Å². The lowest BCUT2D eigenvalue weighted by Crippen LogP contribution is -2.41. The molecule has 0 unspecified atom stereocenters. The minimum atomic E-state index is -0.274. The number of amides is 1. The summed E-state index contributed by atoms with van der Waals surface area (Å²) in [6.45, 7) is 4.09. The highest BCUT2D eigenvalue weighted by Crippen LogP contribution is 2.63. The second kappa shape index (κ2) is 8.11. The molecule has 5 rings (SSSR count). The van der Waals surface area contributed by atoms with Gasteiger partial charge in [0, 0.05) is 17.8 Å². The standard InChI is InChI=1S/C27H31FN2O2/c1-16(15-31)30-26(32)18-4-5-21-17(11-18)3-6-23-22(21)9-10-27(2)24(7-8-25(23)27)19-12-20(28)14-29-13-19/h4-5,7,11-14,16,22-23,25,31H,3,6,8-10,15H2,1-2H3,(H,30,32)/t16-,22+,23+,25-,27+/m0/s1. The number of hydrogen-bond donors (Lipinski definition) is 2. The van der Waals surface area contributed by atoms with Crippen molar-refractivity contribution in [2.75, 3.05) is 6.61 Å². The van der Waals surface area contributed by atoms with Crippen LogP contribution in [0.1, 0.15) is 72.5 Å². The van der Waals surface area contributed by atoms with Crippen LogP contribution in [0.2, 0.25) is 0 Å². The summed E-state index contributed by atoms with van der Waals surface area (Å²) in [5, 5.41) is 12.1. The molecule has 5 heteroatoms. The van der Waals surface area contributed by atoms with Crippen LogP contribution in [-0.2, 0) is 6.42 Å². The molecule has 0 saturated heterocycles. The van der Waals surface area contributed by atoms with E-state index in [0.29, 0.717) is 23.3 Å². The molecule has 4 nitrogen and oxygen atoms in total. The zero-order valence-corrected chi connectivity index (χ0v) is 18.8. The summed E-state index contributed by atoms with van der Waals surface area (Å²) in [4.78, 5) is 16.6. The number of carbonyl (C=O) groups excluding carboxylic acids is 1. The summed E-state index contributed by atoms with van der Waals surface area (Å²) in [6.07, 6.45) is 10.7. The fourth-order valence-electron chi connectivity index (χ4n) is 6.65. The van der Waals surface area contributed by atoms with Gasteiger partial charge in [0.25, 0.3) is 5.91 Å². The van der Waals surface area contributed by atoms with Gasteiger partial charge in [0.15, 0.2) is 0 Å². The Bertz CT molecular complexity index is 1080. The Morgan fingerprint density at radius 1 is 1.31 bits per heavy atom. The molecule has 3 aliphatic carbocycles. The molecular formula is C27H31FN2O2. The first kappa shape index (κ1) is 21.3. The normalized spacial score (nSPS) is 29.4. The van der Waals surface area contributed by atoms with Crippen molar-refractivity contribution in [3.63, 3.8) is 0 Å². The third kappa shape index (κ3) is 3.47. The van der Waals surface area contributed by atoms with E-state index in [1.54, 1.807) is 19.2 Å². The van der Waals surface area contributed by atoms with Gasteiger partial charge in [-0.1, -0.05) is 19.1 Å². The van der Waals surface area contributed by atoms with E-state index in [1.165, 1.54) is 22.9 Å². The molecule has 1 fully saturated rings. The van der Waals surface area contributed by atoms with Gasteiger partial charge in [0.05, 0.1) is 12.8 Å². The smallest absolute Gasteiger partial charge is 0.251 e. The molecule has 1 aromatic carbocycles. The summed E-state index contributed by atoms with van der Waals surface area (Å²) in [5.74, 6) is 1.28. The molecular weight excluding hydrogens is 403 g/mol. The number of nitrogens with zero attached hydrogens (tertiary/aromatic N) is 1. The van der Waals surface area contributed by atoms with Gasteiger partial charge in [0.2, 0.25) is 0 Å². The first-order valence-corrected chi connectivity index (χ1v) is 11.8. The predicted molar refractivity (Wildman–Crippen MR) is 123 cm³/mol. The van der Waals surface area contributed by atoms with Gasteiger partial charge in [-0.3, -0.25) is 9.78 Å². The van der Waals surface area contributed by atoms with Gasteiger partial charge in [-0.05, 0) is 103 Å². The lowest BCUT2D eigenvalue weighted by molar-refractivity contribution is 0.0882. The Morgan fingerprint density at radius 2 is 2.16 bits per heavy atom. The fraction of sp³-hybridized carbons (Fsp3) is 0.481. The summed E-state index contributed by atoms with van der Waals surface area (Å²) in [6, 6.07) is 7.52. The Balaban J connectivity index is 1.39. The number of pyridine rings is 1. The van der Waals surface area contributed by atoms with E-state index in [0.717, 1.165) is 37.7 Å². The number of rotatable bonds is 4. The van der Waals surface area contributed by atoms with Gasteiger partial charge in [0.1, 0.15) is 5.82 Å². The number of hydrogen-bond acceptors (Lipinski definition) is 3. The number of nitrogens with one attached hydrogen (secondary N) is 1. The maximum absolute atomic E-state index is 13.9. The molecule has 32 heavy (non-hydrogen) atoms. The van der Waals surface area contributed by atoms with E-state index in [2.05, 4.69) is 35.4 Å². The predicted octanol–water partition coefficient (Wildman–Crippen LogP) is 4.88. The van der Waals surface area contributed by atoms with Crippen molar-refractivity contribution in [3.05, 3.63) is 70.8 Å². The number of aromatic nitrogens is 1. The van der Waals surface area contributed by atoms with Crippen LogP contribution in [0, 0.1) is 23.1 Å². The van der Waals surface area contributed by atoms with Gasteiger partial charge in [-0.25, -0.2) is 4.39 Å². The van der Waals surface area contributed by atoms with E-state index >= 15 is 0 Å². The lowest BCUT2D eigenvalue weighted by atomic mass is 9.54. The van der Waals surface area contributed by atoms with Crippen LogP contribution in [0.25, 0.3) is 5.57 Å². The van der Waals surface area contributed by atoms with Crippen LogP contribution in [0.5, 0.6) is 0 Å². The van der Waals surface area contributed by atoms with E-state index in [1.807, 2.05) is 6.07 Å². The highest BCUT2D eigenvalue weighted by Gasteiger charge is 2.52. The minimum absolute atomic E-state index is 0.0639. The SMILES string of the molecule is C[C@@H](CO)NC(=O)c1ccc2c(c1)CC[C@@H]1[C@@H]2CC[C@]2(C)C(c3cncc(F)c3)=CC[C@@H]12. The van der Waals surface area contributed by atoms with Crippen molar-refractivity contribution in [1.82, 2.24) is 10.3 Å². The maximum atomic E-state index is 13.9. The van der Waals surface area contributed by atoms with Crippen LogP contribution in [-0.4, -0.2) is 28.6 Å². The summed E-state index contributed by atoms with van der Waals surface area (Å²) >= 11 is 0. The number of aryl methyl sites for hydroxylation is 1. The third-order valence-corrected chi connectivity index (χ3v) is 8.24. The summed E-state index contributed by atoms with van der Waals surface area (Å²) in [7, 11) is 0. The molecule has 0 spiro atoms. The highest BCUT2D eigenvalue weighted by molar-refractivity contribution is 5.94. The van der Waals surface area contributed by atoms with Crippen LogP contribution >= 0.6 is 0 Å². The molecule has 0 bridgehead atoms. The molecule has 0 radical (unpaired) electrons. The number of allylic oxidation sites excluding steroid dienone is 2. The Morgan fingerprint density at radius 3 is 2.94 bits per heavy atom. The molecule has 1 heterocycles. The lowest BCUT2D eigenvalue weighted by Gasteiger charge is -2.50. The van der Waals surface area contributed by atoms with Gasteiger partial charge in [-0.2, -0.15) is 0 Å². The van der Waals surface area contributed by atoms with Gasteiger partial charge >= 0.3 is 0 Å². The van der Waals surface area contributed by atoms with Crippen LogP contribution < -0.4 is 5.32 Å². The Hall–Kier alpha value is -2.53. The van der Waals surface area contributed by atoms with Crippen molar-refractivity contribution in [1.29, 1.82) is 0 Å². The van der Waals surface area contributed by atoms with Crippen molar-refractivity contribution in [3.8, 4) is 0 Å². The van der Waals surface area contributed by atoms with E-state index in [9.17, 15) is 14.3 Å². The zero-order chi connectivity index (χ0) is 22.5. The zero-order valence-electron chi connectivity index (χ0n) is 18.8. The Kier molecular flexibility index (Phi) is 5.40. The summed E-state index contributed by atoms with van der Waals surface area (Å²) in [5.41, 5.74) is 5.62. The van der Waals surface area contributed by atoms with Crippen LogP contribution in [0.15, 0.2) is 42.7 Å². The molecule has 168 valence electrons. The fourth-order valence-corrected chi connectivity index (χ4v) is 6.65. The molecule has 1 amide bonds. The van der Waals surface area contributed by atoms with Crippen molar-refractivity contribution in [2.24, 2.45) is 17.3 Å². The number of carbonyl (C=O) groups is 1. The molecule has 3 aliphatic rings. The first-order chi connectivity index (χ1) is 15.4. The van der Waals surface area contributed by atoms with E-state index in [-0.39, 0.29) is 29.8 Å². The molecule has 1 saturated carbocycles. The third-order valence-electron chi connectivity index (χ3n) is 8.24. The van der Waals surface area contributed by atoms with Gasteiger partial charge in [-0.15, -0.1) is 0 Å². The van der Waals surface area contributed by atoms with Crippen molar-refractivity contribution in [2.45, 2.75) is 57.9 Å². The molecule has 2 aromatic rings. The first-order valence-electron chi connectivity index (χ1n) is 11.8. The minimum Gasteiger partial charge on any atom is -0.394 e. The summed E-state index contributed by atoms with van der Waals surface area (Å²) < 4.78 is 13.9. The topological polar surface area (TPSA) is 62.2 Å². The van der Waals surface area contributed by atoms with Crippen molar-refractivity contribution < 1.29 is 14.3 Å².